The lowest BCUT2D eigenvalue weighted by Crippen LogP contribution is -2.43. The lowest BCUT2D eigenvalue weighted by atomic mass is 9.97. The average Bonchev–Trinajstić information content (AvgIpc) is 3.05. The van der Waals surface area contributed by atoms with E-state index in [-0.39, 0.29) is 24.1 Å². The Labute approximate surface area is 152 Å². The molecule has 0 bridgehead atoms. The SMILES string of the molecule is Cc1noc(CNC(=O)C2CCN(S(=O)(=O)Cc3ccccc3)CC2)n1. The van der Waals surface area contributed by atoms with Crippen LogP contribution in [0.2, 0.25) is 0 Å². The summed E-state index contributed by atoms with van der Waals surface area (Å²) in [6.45, 7) is 2.60. The molecule has 8 nitrogen and oxygen atoms in total. The minimum absolute atomic E-state index is 0.0127. The van der Waals surface area contributed by atoms with Gasteiger partial charge in [-0.1, -0.05) is 35.5 Å². The molecule has 2 heterocycles. The topological polar surface area (TPSA) is 105 Å². The molecule has 0 radical (unpaired) electrons. The number of nitrogens with zero attached hydrogens (tertiary/aromatic N) is 3. The van der Waals surface area contributed by atoms with Crippen LogP contribution in [0.5, 0.6) is 0 Å². The fourth-order valence-electron chi connectivity index (χ4n) is 2.99. The molecule has 2 aromatic rings. The molecule has 1 aliphatic rings. The van der Waals surface area contributed by atoms with Gasteiger partial charge >= 0.3 is 0 Å². The molecule has 26 heavy (non-hydrogen) atoms. The van der Waals surface area contributed by atoms with Crippen molar-refractivity contribution >= 4 is 15.9 Å². The number of benzene rings is 1. The largest absolute Gasteiger partial charge is 0.347 e. The first kappa shape index (κ1) is 18.5. The standard InChI is InChI=1S/C17H22N4O4S/c1-13-19-16(25-20-13)11-18-17(22)15-7-9-21(10-8-15)26(23,24)12-14-5-3-2-4-6-14/h2-6,15H,7-12H2,1H3,(H,18,22). The third-order valence-corrected chi connectivity index (χ3v) is 6.24. The Morgan fingerprint density at radius 2 is 1.96 bits per heavy atom. The molecule has 0 aliphatic carbocycles. The maximum Gasteiger partial charge on any atom is 0.246 e. The number of sulfonamides is 1. The predicted octanol–water partition coefficient (Wildman–Crippen LogP) is 1.24. The Balaban J connectivity index is 1.49. The Morgan fingerprint density at radius 3 is 2.58 bits per heavy atom. The summed E-state index contributed by atoms with van der Waals surface area (Å²) in [6, 6.07) is 9.11. The number of carbonyl (C=O) groups is 1. The average molecular weight is 378 g/mol. The van der Waals surface area contributed by atoms with Crippen molar-refractivity contribution in [1.82, 2.24) is 19.8 Å². The van der Waals surface area contributed by atoms with Crippen molar-refractivity contribution in [3.05, 3.63) is 47.6 Å². The molecule has 1 aromatic carbocycles. The van der Waals surface area contributed by atoms with Gasteiger partial charge in [-0.2, -0.15) is 4.98 Å². The van der Waals surface area contributed by atoms with E-state index in [1.807, 2.05) is 18.2 Å². The van der Waals surface area contributed by atoms with E-state index in [2.05, 4.69) is 15.5 Å². The zero-order chi connectivity index (χ0) is 18.6. The lowest BCUT2D eigenvalue weighted by Gasteiger charge is -2.30. The number of nitrogens with one attached hydrogen (secondary N) is 1. The summed E-state index contributed by atoms with van der Waals surface area (Å²) in [5.41, 5.74) is 0.766. The van der Waals surface area contributed by atoms with Crippen molar-refractivity contribution in [1.29, 1.82) is 0 Å². The Hall–Kier alpha value is -2.26. The molecule has 0 saturated carbocycles. The van der Waals surface area contributed by atoms with E-state index in [4.69, 9.17) is 4.52 Å². The highest BCUT2D eigenvalue weighted by molar-refractivity contribution is 7.88. The van der Waals surface area contributed by atoms with Crippen LogP contribution >= 0.6 is 0 Å². The minimum Gasteiger partial charge on any atom is -0.347 e. The first-order valence-electron chi connectivity index (χ1n) is 8.53. The molecule has 1 fully saturated rings. The van der Waals surface area contributed by atoms with Crippen LogP contribution in [0.1, 0.15) is 30.1 Å². The van der Waals surface area contributed by atoms with Crippen molar-refractivity contribution in [2.45, 2.75) is 32.1 Å². The molecule has 9 heteroatoms. The second-order valence-corrected chi connectivity index (χ2v) is 8.34. The van der Waals surface area contributed by atoms with E-state index < -0.39 is 10.0 Å². The number of aromatic nitrogens is 2. The third kappa shape index (κ3) is 4.67. The van der Waals surface area contributed by atoms with E-state index in [0.717, 1.165) is 5.56 Å². The van der Waals surface area contributed by atoms with E-state index >= 15 is 0 Å². The minimum atomic E-state index is -3.37. The molecule has 1 aromatic heterocycles. The van der Waals surface area contributed by atoms with Gasteiger partial charge in [-0.15, -0.1) is 0 Å². The predicted molar refractivity (Wildman–Crippen MR) is 94.2 cm³/mol. The number of aryl methyl sites for hydroxylation is 1. The van der Waals surface area contributed by atoms with Crippen LogP contribution in [0.3, 0.4) is 0 Å². The van der Waals surface area contributed by atoms with Crippen LogP contribution < -0.4 is 5.32 Å². The summed E-state index contributed by atoms with van der Waals surface area (Å²) in [7, 11) is -3.37. The van der Waals surface area contributed by atoms with Crippen LogP contribution in [0, 0.1) is 12.8 Å². The maximum atomic E-state index is 12.5. The summed E-state index contributed by atoms with van der Waals surface area (Å²) in [5, 5.41) is 6.44. The van der Waals surface area contributed by atoms with Crippen molar-refractivity contribution in [2.75, 3.05) is 13.1 Å². The third-order valence-electron chi connectivity index (χ3n) is 4.39. The van der Waals surface area contributed by atoms with Crippen molar-refractivity contribution in [3.63, 3.8) is 0 Å². The molecule has 1 amide bonds. The van der Waals surface area contributed by atoms with E-state index in [0.29, 0.717) is 37.6 Å². The zero-order valence-corrected chi connectivity index (χ0v) is 15.4. The van der Waals surface area contributed by atoms with Crippen LogP contribution in [-0.2, 0) is 27.1 Å². The fourth-order valence-corrected chi connectivity index (χ4v) is 4.55. The Bertz CT molecular complexity index is 843. The van der Waals surface area contributed by atoms with Gasteiger partial charge < -0.3 is 9.84 Å². The van der Waals surface area contributed by atoms with Crippen LogP contribution in [-0.4, -0.2) is 41.9 Å². The van der Waals surface area contributed by atoms with E-state index in [9.17, 15) is 13.2 Å². The van der Waals surface area contributed by atoms with Crippen molar-refractivity contribution in [3.8, 4) is 0 Å². The van der Waals surface area contributed by atoms with Crippen molar-refractivity contribution in [2.24, 2.45) is 5.92 Å². The summed E-state index contributed by atoms with van der Waals surface area (Å²) in [4.78, 5) is 16.3. The molecule has 0 atom stereocenters. The summed E-state index contributed by atoms with van der Waals surface area (Å²) in [5.74, 6) is 0.550. The summed E-state index contributed by atoms with van der Waals surface area (Å²) >= 11 is 0. The second-order valence-electron chi connectivity index (χ2n) is 6.37. The van der Waals surface area contributed by atoms with Gasteiger partial charge in [0.1, 0.15) is 0 Å². The Kier molecular flexibility index (Phi) is 5.67. The summed E-state index contributed by atoms with van der Waals surface area (Å²) < 4.78 is 31.5. The van der Waals surface area contributed by atoms with Crippen LogP contribution in [0.4, 0.5) is 0 Å². The van der Waals surface area contributed by atoms with Gasteiger partial charge in [-0.3, -0.25) is 4.79 Å². The number of hydrogen-bond donors (Lipinski definition) is 1. The smallest absolute Gasteiger partial charge is 0.246 e. The van der Waals surface area contributed by atoms with Gasteiger partial charge in [0, 0.05) is 19.0 Å². The van der Waals surface area contributed by atoms with E-state index in [1.165, 1.54) is 4.31 Å². The number of amides is 1. The fraction of sp³-hybridized carbons (Fsp3) is 0.471. The molecule has 1 aliphatic heterocycles. The summed E-state index contributed by atoms with van der Waals surface area (Å²) in [6.07, 6.45) is 1.01. The number of carbonyl (C=O) groups excluding carboxylic acids is 1. The molecule has 1 N–H and O–H groups in total. The quantitative estimate of drug-likeness (QED) is 0.811. The molecular formula is C17H22N4O4S. The monoisotopic (exact) mass is 378 g/mol. The zero-order valence-electron chi connectivity index (χ0n) is 14.6. The molecular weight excluding hydrogens is 356 g/mol. The van der Waals surface area contributed by atoms with Gasteiger partial charge in [0.15, 0.2) is 5.82 Å². The number of piperidine rings is 1. The lowest BCUT2D eigenvalue weighted by molar-refractivity contribution is -0.126. The highest BCUT2D eigenvalue weighted by Crippen LogP contribution is 2.22. The van der Waals surface area contributed by atoms with Gasteiger partial charge in [0.2, 0.25) is 21.8 Å². The molecule has 1 saturated heterocycles. The van der Waals surface area contributed by atoms with Gasteiger partial charge in [-0.25, -0.2) is 12.7 Å². The number of hydrogen-bond acceptors (Lipinski definition) is 6. The highest BCUT2D eigenvalue weighted by Gasteiger charge is 2.31. The second kappa shape index (κ2) is 7.96. The van der Waals surface area contributed by atoms with Crippen LogP contribution in [0.15, 0.2) is 34.9 Å². The van der Waals surface area contributed by atoms with Gasteiger partial charge in [0.05, 0.1) is 12.3 Å². The van der Waals surface area contributed by atoms with Crippen LogP contribution in [0.25, 0.3) is 0 Å². The molecule has 0 unspecified atom stereocenters. The van der Waals surface area contributed by atoms with Gasteiger partial charge in [0.25, 0.3) is 0 Å². The normalized spacial score (nSPS) is 16.5. The maximum absolute atomic E-state index is 12.5. The molecule has 3 rings (SSSR count). The van der Waals surface area contributed by atoms with E-state index in [1.54, 1.807) is 19.1 Å². The molecule has 0 spiro atoms. The van der Waals surface area contributed by atoms with Crippen molar-refractivity contribution < 1.29 is 17.7 Å². The first-order chi connectivity index (χ1) is 12.4. The Morgan fingerprint density at radius 1 is 1.27 bits per heavy atom. The van der Waals surface area contributed by atoms with Gasteiger partial charge in [-0.05, 0) is 25.3 Å². The first-order valence-corrected chi connectivity index (χ1v) is 10.1. The molecule has 140 valence electrons. The highest BCUT2D eigenvalue weighted by atomic mass is 32.2. The number of rotatable bonds is 6.